The number of fused-ring (bicyclic) bond motifs is 5. The molecule has 0 heterocycles. The van der Waals surface area contributed by atoms with Crippen molar-refractivity contribution >= 4 is 0 Å². The molecule has 0 aliphatic heterocycles. The van der Waals surface area contributed by atoms with Gasteiger partial charge in [-0.3, -0.25) is 0 Å². The second-order valence-electron chi connectivity index (χ2n) is 8.71. The van der Waals surface area contributed by atoms with Crippen molar-refractivity contribution in [1.82, 2.24) is 0 Å². The molecule has 23 heavy (non-hydrogen) atoms. The lowest BCUT2D eigenvalue weighted by molar-refractivity contribution is -0.0653. The number of nitrogens with two attached hydrogens (primary N) is 1. The fourth-order valence-corrected chi connectivity index (χ4v) is 6.24. The molecule has 9 atom stereocenters. The highest BCUT2D eigenvalue weighted by molar-refractivity contribution is 5.34. The van der Waals surface area contributed by atoms with Crippen LogP contribution in [0.1, 0.15) is 39.5 Å². The van der Waals surface area contributed by atoms with Gasteiger partial charge < -0.3 is 15.9 Å². The van der Waals surface area contributed by atoms with Crippen LogP contribution >= 0.6 is 0 Å². The molecule has 128 valence electrons. The van der Waals surface area contributed by atoms with Gasteiger partial charge in [-0.1, -0.05) is 37.6 Å². The van der Waals surface area contributed by atoms with Gasteiger partial charge in [0.15, 0.2) is 0 Å². The van der Waals surface area contributed by atoms with Gasteiger partial charge >= 0.3 is 0 Å². The van der Waals surface area contributed by atoms with E-state index in [0.717, 1.165) is 18.4 Å². The molecule has 4 heteroatoms. The zero-order chi connectivity index (χ0) is 16.6. The van der Waals surface area contributed by atoms with E-state index in [1.54, 1.807) is 0 Å². The monoisotopic (exact) mass is 321 g/mol. The largest absolute Gasteiger partial charge is 0.389 e. The summed E-state index contributed by atoms with van der Waals surface area (Å²) in [4.78, 5) is 0. The van der Waals surface area contributed by atoms with Crippen molar-refractivity contribution in [3.8, 4) is 0 Å². The maximum absolute atomic E-state index is 14.4. The highest BCUT2D eigenvalue weighted by atomic mass is 19.1. The molecular formula is C19H28FNO2. The van der Waals surface area contributed by atoms with Crippen LogP contribution in [-0.2, 0) is 0 Å². The normalized spacial score (nSPS) is 58.2. The highest BCUT2D eigenvalue weighted by Crippen LogP contribution is 2.63. The molecule has 4 unspecified atom stereocenters. The molecule has 4 rings (SSSR count). The van der Waals surface area contributed by atoms with Crippen molar-refractivity contribution in [1.29, 1.82) is 0 Å². The molecule has 2 saturated carbocycles. The molecule has 0 aromatic rings. The molecule has 0 spiro atoms. The summed E-state index contributed by atoms with van der Waals surface area (Å²) in [5, 5.41) is 20.8. The summed E-state index contributed by atoms with van der Waals surface area (Å²) in [5.41, 5.74) is 7.01. The summed E-state index contributed by atoms with van der Waals surface area (Å²) in [5.74, 6) is 0.502. The van der Waals surface area contributed by atoms with Gasteiger partial charge in [-0.2, -0.15) is 0 Å². The van der Waals surface area contributed by atoms with Crippen LogP contribution < -0.4 is 5.73 Å². The minimum Gasteiger partial charge on any atom is -0.389 e. The SMILES string of the molecule is C[C@]12C=CC(O)CC1=CC(O)[C@@H]1[C@H]2CC[C@]2(C)C(N)C(F)C[C@@H]12. The van der Waals surface area contributed by atoms with Crippen LogP contribution in [0.5, 0.6) is 0 Å². The van der Waals surface area contributed by atoms with E-state index < -0.39 is 24.4 Å². The Morgan fingerprint density at radius 1 is 1.26 bits per heavy atom. The highest BCUT2D eigenvalue weighted by Gasteiger charge is 2.62. The molecule has 2 fully saturated rings. The fourth-order valence-electron chi connectivity index (χ4n) is 6.24. The number of alkyl halides is 1. The molecule has 0 aromatic heterocycles. The summed E-state index contributed by atoms with van der Waals surface area (Å²) in [6.07, 6.45) is 6.94. The van der Waals surface area contributed by atoms with Crippen LogP contribution in [0.4, 0.5) is 4.39 Å². The van der Waals surface area contributed by atoms with Gasteiger partial charge in [-0.15, -0.1) is 0 Å². The Labute approximate surface area is 137 Å². The average molecular weight is 321 g/mol. The maximum atomic E-state index is 14.4. The smallest absolute Gasteiger partial charge is 0.116 e. The lowest BCUT2D eigenvalue weighted by atomic mass is 9.48. The Hall–Kier alpha value is -0.710. The standard InChI is InChI=1S/C19H28FNO2/c1-18-5-3-11(22)7-10(18)8-15(23)16-12(18)4-6-19(2)13(16)9-14(20)17(19)21/h3,5,8,11-17,22-23H,4,6-7,9,21H2,1-2H3/t11?,12-,13+,14?,15?,16-,17?,18+,19+/m1/s1. The molecular weight excluding hydrogens is 293 g/mol. The third kappa shape index (κ3) is 1.98. The molecule has 4 N–H and O–H groups in total. The minimum atomic E-state index is -0.960. The van der Waals surface area contributed by atoms with Crippen molar-refractivity contribution in [2.24, 2.45) is 34.3 Å². The molecule has 0 radical (unpaired) electrons. The number of aliphatic hydroxyl groups excluding tert-OH is 2. The average Bonchev–Trinajstić information content (AvgIpc) is 2.73. The van der Waals surface area contributed by atoms with E-state index in [0.29, 0.717) is 18.8 Å². The second kappa shape index (κ2) is 4.90. The summed E-state index contributed by atoms with van der Waals surface area (Å²) in [6, 6.07) is -0.414. The van der Waals surface area contributed by atoms with Crippen LogP contribution in [0.25, 0.3) is 0 Å². The minimum absolute atomic E-state index is 0.0641. The molecule has 0 aromatic carbocycles. The second-order valence-corrected chi connectivity index (χ2v) is 8.71. The van der Waals surface area contributed by atoms with Crippen molar-refractivity contribution < 1.29 is 14.6 Å². The van der Waals surface area contributed by atoms with E-state index >= 15 is 0 Å². The van der Waals surface area contributed by atoms with Crippen LogP contribution in [0.15, 0.2) is 23.8 Å². The van der Waals surface area contributed by atoms with Gasteiger partial charge in [0.2, 0.25) is 0 Å². The van der Waals surface area contributed by atoms with E-state index in [2.05, 4.69) is 19.9 Å². The van der Waals surface area contributed by atoms with E-state index in [9.17, 15) is 14.6 Å². The Kier molecular flexibility index (Phi) is 3.37. The van der Waals surface area contributed by atoms with Gasteiger partial charge in [0.05, 0.1) is 12.2 Å². The number of allylic oxidation sites excluding steroid dienone is 1. The van der Waals surface area contributed by atoms with Gasteiger partial charge in [-0.05, 0) is 48.9 Å². The summed E-state index contributed by atoms with van der Waals surface area (Å²) < 4.78 is 14.4. The molecule has 0 amide bonds. The van der Waals surface area contributed by atoms with Gasteiger partial charge in [0.1, 0.15) is 6.17 Å². The number of rotatable bonds is 0. The first kappa shape index (κ1) is 15.8. The number of aliphatic hydroxyl groups is 2. The van der Waals surface area contributed by atoms with Gasteiger partial charge in [0.25, 0.3) is 0 Å². The van der Waals surface area contributed by atoms with Crippen LogP contribution in [0, 0.1) is 28.6 Å². The predicted molar refractivity (Wildman–Crippen MR) is 87.3 cm³/mol. The van der Waals surface area contributed by atoms with Crippen molar-refractivity contribution in [3.63, 3.8) is 0 Å². The van der Waals surface area contributed by atoms with Crippen molar-refractivity contribution in [3.05, 3.63) is 23.8 Å². The van der Waals surface area contributed by atoms with E-state index in [4.69, 9.17) is 5.73 Å². The zero-order valence-corrected chi connectivity index (χ0v) is 14.0. The number of hydrogen-bond donors (Lipinski definition) is 3. The molecule has 0 saturated heterocycles. The molecule has 0 bridgehead atoms. The summed E-state index contributed by atoms with van der Waals surface area (Å²) in [6.45, 7) is 4.34. The van der Waals surface area contributed by atoms with Crippen molar-refractivity contribution in [2.75, 3.05) is 0 Å². The van der Waals surface area contributed by atoms with Crippen LogP contribution in [0.2, 0.25) is 0 Å². The first-order valence-electron chi connectivity index (χ1n) is 8.93. The topological polar surface area (TPSA) is 66.5 Å². The Morgan fingerprint density at radius 3 is 2.74 bits per heavy atom. The molecule has 3 nitrogen and oxygen atoms in total. The van der Waals surface area contributed by atoms with E-state index in [1.807, 2.05) is 12.2 Å². The maximum Gasteiger partial charge on any atom is 0.116 e. The predicted octanol–water partition coefficient (Wildman–Crippen LogP) is 2.33. The third-order valence-electron chi connectivity index (χ3n) is 7.72. The van der Waals surface area contributed by atoms with E-state index in [-0.39, 0.29) is 22.7 Å². The van der Waals surface area contributed by atoms with Crippen LogP contribution in [0.3, 0.4) is 0 Å². The lowest BCUT2D eigenvalue weighted by Gasteiger charge is -2.57. The van der Waals surface area contributed by atoms with E-state index in [1.165, 1.54) is 0 Å². The summed E-state index contributed by atoms with van der Waals surface area (Å²) >= 11 is 0. The van der Waals surface area contributed by atoms with Crippen molar-refractivity contribution in [2.45, 2.75) is 64.0 Å². The lowest BCUT2D eigenvalue weighted by Crippen LogP contribution is -2.55. The molecule has 4 aliphatic rings. The summed E-state index contributed by atoms with van der Waals surface area (Å²) in [7, 11) is 0. The number of halogens is 1. The fraction of sp³-hybridized carbons (Fsp3) is 0.789. The number of hydrogen-bond acceptors (Lipinski definition) is 3. The zero-order valence-electron chi connectivity index (χ0n) is 14.0. The van der Waals surface area contributed by atoms with Crippen LogP contribution in [-0.4, -0.2) is 34.6 Å². The quantitative estimate of drug-likeness (QED) is 0.600. The Balaban J connectivity index is 1.76. The van der Waals surface area contributed by atoms with Gasteiger partial charge in [-0.25, -0.2) is 4.39 Å². The third-order valence-corrected chi connectivity index (χ3v) is 7.72. The first-order valence-corrected chi connectivity index (χ1v) is 8.93. The first-order chi connectivity index (χ1) is 10.8. The van der Waals surface area contributed by atoms with Gasteiger partial charge in [0, 0.05) is 11.5 Å². The Bertz CT molecular complexity index is 576. The molecule has 4 aliphatic carbocycles. The Morgan fingerprint density at radius 2 is 2.00 bits per heavy atom.